The third-order valence-electron chi connectivity index (χ3n) is 7.06. The van der Waals surface area contributed by atoms with Crippen molar-refractivity contribution >= 4 is 46.5 Å². The standard InChI is InChI=1S/C27H30ClN5O7/c1-15(34)37-13-20-22(38-16(2)35)23(39-17(3)36)26(40-20)33-14-29-21-24(30-27(28)31-25(21)33)32-11-9-19(10-12-32)18-7-5-4-6-8-18/h4-8,14,19-20,22-23,26H,9-13H2,1-3H3/t20-,22-,23-,26-/m1/s1. The second kappa shape index (κ2) is 11.8. The molecule has 0 radical (unpaired) electrons. The van der Waals surface area contributed by atoms with Crippen LogP contribution in [0.1, 0.15) is 51.3 Å². The maximum atomic E-state index is 12.0. The second-order valence-electron chi connectivity index (χ2n) is 9.83. The number of carbonyl (C=O) groups excluding carboxylic acids is 3. The predicted molar refractivity (Wildman–Crippen MR) is 143 cm³/mol. The predicted octanol–water partition coefficient (Wildman–Crippen LogP) is 3.19. The number of carbonyl (C=O) groups is 3. The number of nitrogens with zero attached hydrogens (tertiary/aromatic N) is 5. The lowest BCUT2D eigenvalue weighted by Crippen LogP contribution is -2.40. The van der Waals surface area contributed by atoms with Gasteiger partial charge in [0.2, 0.25) is 5.28 Å². The summed E-state index contributed by atoms with van der Waals surface area (Å²) < 4.78 is 23.9. The Morgan fingerprint density at radius 2 is 1.65 bits per heavy atom. The fourth-order valence-electron chi connectivity index (χ4n) is 5.35. The molecule has 212 valence electrons. The molecule has 2 aromatic heterocycles. The minimum Gasteiger partial charge on any atom is -0.463 e. The third kappa shape index (κ3) is 5.87. The minimum absolute atomic E-state index is 0.0180. The lowest BCUT2D eigenvalue weighted by atomic mass is 9.89. The highest BCUT2D eigenvalue weighted by Crippen LogP contribution is 2.38. The van der Waals surface area contributed by atoms with E-state index in [4.69, 9.17) is 30.5 Å². The molecular weight excluding hydrogens is 542 g/mol. The maximum Gasteiger partial charge on any atom is 0.303 e. The molecule has 1 aromatic carbocycles. The van der Waals surface area contributed by atoms with E-state index in [1.54, 1.807) is 4.57 Å². The zero-order valence-electron chi connectivity index (χ0n) is 22.4. The normalized spacial score (nSPS) is 23.2. The molecule has 0 amide bonds. The summed E-state index contributed by atoms with van der Waals surface area (Å²) in [4.78, 5) is 51.1. The molecule has 0 bridgehead atoms. The molecule has 4 atom stereocenters. The van der Waals surface area contributed by atoms with Crippen molar-refractivity contribution in [2.75, 3.05) is 24.6 Å². The molecule has 5 rings (SSSR count). The van der Waals surface area contributed by atoms with Crippen LogP contribution in [-0.4, -0.2) is 75.4 Å². The van der Waals surface area contributed by atoms with Crippen molar-refractivity contribution in [2.24, 2.45) is 0 Å². The van der Waals surface area contributed by atoms with Crippen molar-refractivity contribution in [3.63, 3.8) is 0 Å². The van der Waals surface area contributed by atoms with Crippen LogP contribution in [0, 0.1) is 0 Å². The Morgan fingerprint density at radius 3 is 2.30 bits per heavy atom. The largest absolute Gasteiger partial charge is 0.463 e. The topological polar surface area (TPSA) is 135 Å². The molecule has 0 aliphatic carbocycles. The first-order valence-corrected chi connectivity index (χ1v) is 13.4. The van der Waals surface area contributed by atoms with Crippen molar-refractivity contribution in [1.29, 1.82) is 0 Å². The first kappa shape index (κ1) is 27.8. The van der Waals surface area contributed by atoms with E-state index < -0.39 is 42.4 Å². The number of imidazole rings is 1. The zero-order chi connectivity index (χ0) is 28.4. The van der Waals surface area contributed by atoms with Gasteiger partial charge in [-0.2, -0.15) is 9.97 Å². The van der Waals surface area contributed by atoms with Gasteiger partial charge in [-0.05, 0) is 35.9 Å². The van der Waals surface area contributed by atoms with Crippen LogP contribution < -0.4 is 4.90 Å². The number of ether oxygens (including phenoxy) is 4. The number of benzene rings is 1. The van der Waals surface area contributed by atoms with Gasteiger partial charge in [0.1, 0.15) is 12.7 Å². The van der Waals surface area contributed by atoms with E-state index in [9.17, 15) is 14.4 Å². The van der Waals surface area contributed by atoms with Crippen LogP contribution in [0.3, 0.4) is 0 Å². The number of fused-ring (bicyclic) bond motifs is 1. The van der Waals surface area contributed by atoms with Crippen molar-refractivity contribution in [2.45, 2.75) is 64.1 Å². The van der Waals surface area contributed by atoms with Gasteiger partial charge in [0, 0.05) is 33.9 Å². The van der Waals surface area contributed by atoms with Crippen molar-refractivity contribution in [3.05, 3.63) is 47.5 Å². The van der Waals surface area contributed by atoms with Crippen molar-refractivity contribution < 1.29 is 33.3 Å². The Morgan fingerprint density at radius 1 is 0.975 bits per heavy atom. The van der Waals surface area contributed by atoms with Crippen molar-refractivity contribution in [1.82, 2.24) is 19.5 Å². The minimum atomic E-state index is -1.07. The lowest BCUT2D eigenvalue weighted by molar-refractivity contribution is -0.166. The Bertz CT molecular complexity index is 1390. The number of hydrogen-bond donors (Lipinski definition) is 0. The Hall–Kier alpha value is -3.77. The third-order valence-corrected chi connectivity index (χ3v) is 7.22. The number of piperidine rings is 1. The quantitative estimate of drug-likeness (QED) is 0.235. The van der Waals surface area contributed by atoms with E-state index in [-0.39, 0.29) is 11.9 Å². The van der Waals surface area contributed by atoms with Crippen LogP contribution in [0.5, 0.6) is 0 Å². The number of esters is 3. The molecule has 0 saturated carbocycles. The van der Waals surface area contributed by atoms with E-state index in [1.165, 1.54) is 32.7 Å². The second-order valence-corrected chi connectivity index (χ2v) is 10.2. The Balaban J connectivity index is 1.46. The SMILES string of the molecule is CC(=O)OC[C@H]1O[C@@H](n2cnc3c(N4CCC(c5ccccc5)CC4)nc(Cl)nc32)[C@H](OC(C)=O)[C@@H]1OC(C)=O. The number of rotatable bonds is 7. The summed E-state index contributed by atoms with van der Waals surface area (Å²) in [5.74, 6) is -0.711. The van der Waals surface area contributed by atoms with E-state index in [0.717, 1.165) is 25.9 Å². The highest BCUT2D eigenvalue weighted by atomic mass is 35.5. The van der Waals surface area contributed by atoms with Gasteiger partial charge in [-0.15, -0.1) is 0 Å². The molecule has 2 aliphatic rings. The highest BCUT2D eigenvalue weighted by molar-refractivity contribution is 6.28. The monoisotopic (exact) mass is 571 g/mol. The van der Waals surface area contributed by atoms with Gasteiger partial charge >= 0.3 is 17.9 Å². The number of halogens is 1. The first-order valence-electron chi connectivity index (χ1n) is 13.0. The van der Waals surface area contributed by atoms with Gasteiger partial charge < -0.3 is 23.8 Å². The average molecular weight is 572 g/mol. The molecule has 0 unspecified atom stereocenters. The van der Waals surface area contributed by atoms with Crippen LogP contribution in [0.2, 0.25) is 5.28 Å². The van der Waals surface area contributed by atoms with Gasteiger partial charge in [-0.25, -0.2) is 4.98 Å². The van der Waals surface area contributed by atoms with Crippen LogP contribution in [0.15, 0.2) is 36.7 Å². The molecule has 4 heterocycles. The fraction of sp³-hybridized carbons (Fsp3) is 0.481. The fourth-order valence-corrected chi connectivity index (χ4v) is 5.51. The number of hydrogen-bond acceptors (Lipinski definition) is 11. The van der Waals surface area contributed by atoms with Crippen LogP contribution in [-0.2, 0) is 33.3 Å². The molecular formula is C27H30ClN5O7. The van der Waals surface area contributed by atoms with Crippen LogP contribution in [0.4, 0.5) is 5.82 Å². The van der Waals surface area contributed by atoms with E-state index in [1.807, 2.05) is 6.07 Å². The molecule has 2 fully saturated rings. The highest BCUT2D eigenvalue weighted by Gasteiger charge is 2.51. The Kier molecular flexibility index (Phi) is 8.17. The summed E-state index contributed by atoms with van der Waals surface area (Å²) in [6.45, 7) is 5.01. The summed E-state index contributed by atoms with van der Waals surface area (Å²) in [5, 5.41) is 0.0180. The summed E-state index contributed by atoms with van der Waals surface area (Å²) in [7, 11) is 0. The van der Waals surface area contributed by atoms with Gasteiger partial charge in [0.25, 0.3) is 0 Å². The van der Waals surface area contributed by atoms with Crippen LogP contribution >= 0.6 is 11.6 Å². The Labute approximate surface area is 235 Å². The number of anilines is 1. The van der Waals surface area contributed by atoms with E-state index in [2.05, 4.69) is 44.1 Å². The summed E-state index contributed by atoms with van der Waals surface area (Å²) >= 11 is 6.39. The molecule has 13 heteroatoms. The van der Waals surface area contributed by atoms with Crippen LogP contribution in [0.25, 0.3) is 11.2 Å². The number of aromatic nitrogens is 4. The van der Waals surface area contributed by atoms with Gasteiger partial charge in [-0.1, -0.05) is 30.3 Å². The molecule has 12 nitrogen and oxygen atoms in total. The molecule has 2 aliphatic heterocycles. The molecule has 3 aromatic rings. The van der Waals surface area contributed by atoms with Gasteiger partial charge in [0.15, 0.2) is 35.4 Å². The average Bonchev–Trinajstić information content (AvgIpc) is 3.48. The molecule has 0 spiro atoms. The summed E-state index contributed by atoms with van der Waals surface area (Å²) in [6, 6.07) is 10.4. The first-order chi connectivity index (χ1) is 19.2. The molecule has 40 heavy (non-hydrogen) atoms. The molecule has 2 saturated heterocycles. The maximum absolute atomic E-state index is 12.0. The summed E-state index contributed by atoms with van der Waals surface area (Å²) in [6.07, 6.45) is -0.646. The van der Waals surface area contributed by atoms with Gasteiger partial charge in [-0.3, -0.25) is 19.0 Å². The summed E-state index contributed by atoms with van der Waals surface area (Å²) in [5.41, 5.74) is 2.18. The zero-order valence-corrected chi connectivity index (χ0v) is 23.1. The molecule has 0 N–H and O–H groups in total. The van der Waals surface area contributed by atoms with Gasteiger partial charge in [0.05, 0.1) is 6.33 Å². The van der Waals surface area contributed by atoms with E-state index >= 15 is 0 Å². The van der Waals surface area contributed by atoms with Crippen molar-refractivity contribution in [3.8, 4) is 0 Å². The smallest absolute Gasteiger partial charge is 0.303 e. The van der Waals surface area contributed by atoms with E-state index in [0.29, 0.717) is 22.9 Å². The lowest BCUT2D eigenvalue weighted by Gasteiger charge is -2.33.